The number of nitrogens with one attached hydrogen (secondary N) is 2. The van der Waals surface area contributed by atoms with Gasteiger partial charge in [0.15, 0.2) is 5.16 Å². The summed E-state index contributed by atoms with van der Waals surface area (Å²) < 4.78 is 36.2. The molecule has 160 valence electrons. The first-order valence-corrected chi connectivity index (χ1v) is 12.1. The maximum absolute atomic E-state index is 11.6. The molecule has 3 aromatic rings. The molecule has 9 heteroatoms. The van der Waals surface area contributed by atoms with E-state index in [-0.39, 0.29) is 5.75 Å². The van der Waals surface area contributed by atoms with E-state index in [1.54, 1.807) is 21.1 Å². The second-order valence-corrected chi connectivity index (χ2v) is 9.55. The van der Waals surface area contributed by atoms with Crippen LogP contribution in [0.4, 0.5) is 0 Å². The van der Waals surface area contributed by atoms with E-state index >= 15 is 0 Å². The van der Waals surface area contributed by atoms with Gasteiger partial charge < -0.3 is 14.5 Å². The summed E-state index contributed by atoms with van der Waals surface area (Å²) in [6.45, 7) is 1.96. The predicted octanol–water partition coefficient (Wildman–Crippen LogP) is 3.79. The van der Waals surface area contributed by atoms with Crippen molar-refractivity contribution in [3.8, 4) is 34.0 Å². The summed E-state index contributed by atoms with van der Waals surface area (Å²) >= 11 is 1.47. The molecular formula is C21H25N3O4S2. The monoisotopic (exact) mass is 447 g/mol. The van der Waals surface area contributed by atoms with Crippen LogP contribution in [0.5, 0.6) is 11.5 Å². The SMILES string of the molecule is CCS(=O)(=O)NCCSc1nc(-c2ccc(OC)cc2)c(-c2ccc(OC)cc2)[nH]1. The van der Waals surface area contributed by atoms with E-state index < -0.39 is 10.0 Å². The average molecular weight is 448 g/mol. The van der Waals surface area contributed by atoms with Crippen LogP contribution in [0, 0.1) is 0 Å². The van der Waals surface area contributed by atoms with Gasteiger partial charge in [0.1, 0.15) is 11.5 Å². The average Bonchev–Trinajstić information content (AvgIpc) is 3.21. The Hall–Kier alpha value is -2.49. The summed E-state index contributed by atoms with van der Waals surface area (Å²) in [4.78, 5) is 8.14. The molecule has 0 fully saturated rings. The van der Waals surface area contributed by atoms with Crippen molar-refractivity contribution in [1.29, 1.82) is 0 Å². The summed E-state index contributed by atoms with van der Waals surface area (Å²) in [5.74, 6) is 2.19. The van der Waals surface area contributed by atoms with Crippen LogP contribution in [-0.2, 0) is 10.0 Å². The molecule has 0 aliphatic heterocycles. The van der Waals surface area contributed by atoms with E-state index in [0.717, 1.165) is 39.2 Å². The molecule has 30 heavy (non-hydrogen) atoms. The highest BCUT2D eigenvalue weighted by Crippen LogP contribution is 2.34. The summed E-state index contributed by atoms with van der Waals surface area (Å²) in [6, 6.07) is 15.5. The fourth-order valence-corrected chi connectivity index (χ4v) is 4.27. The first kappa shape index (κ1) is 22.2. The Kier molecular flexibility index (Phi) is 7.41. The Morgan fingerprint density at radius 3 is 2.07 bits per heavy atom. The second kappa shape index (κ2) is 10.0. The number of sulfonamides is 1. The Labute approximate surface area is 181 Å². The maximum Gasteiger partial charge on any atom is 0.211 e. The molecule has 0 unspecified atom stereocenters. The molecule has 0 aliphatic carbocycles. The molecule has 1 aromatic heterocycles. The number of thioether (sulfide) groups is 1. The van der Waals surface area contributed by atoms with Gasteiger partial charge in [0.25, 0.3) is 0 Å². The zero-order valence-corrected chi connectivity index (χ0v) is 18.8. The van der Waals surface area contributed by atoms with E-state index in [9.17, 15) is 8.42 Å². The van der Waals surface area contributed by atoms with Crippen molar-refractivity contribution in [2.45, 2.75) is 12.1 Å². The largest absolute Gasteiger partial charge is 0.497 e. The molecule has 0 spiro atoms. The molecular weight excluding hydrogens is 422 g/mol. The molecule has 0 amide bonds. The Bertz CT molecular complexity index is 998. The van der Waals surface area contributed by atoms with Gasteiger partial charge in [0.05, 0.1) is 31.4 Å². The third-order valence-electron chi connectivity index (χ3n) is 4.47. The smallest absolute Gasteiger partial charge is 0.211 e. The zero-order chi connectivity index (χ0) is 21.6. The minimum absolute atomic E-state index is 0.0711. The molecule has 0 aliphatic rings. The molecule has 0 saturated carbocycles. The van der Waals surface area contributed by atoms with Gasteiger partial charge in [-0.2, -0.15) is 0 Å². The number of aromatic amines is 1. The number of ether oxygens (including phenoxy) is 2. The first-order valence-electron chi connectivity index (χ1n) is 9.44. The highest BCUT2D eigenvalue weighted by molar-refractivity contribution is 7.99. The molecule has 2 aromatic carbocycles. The van der Waals surface area contributed by atoms with Gasteiger partial charge in [-0.15, -0.1) is 0 Å². The zero-order valence-electron chi connectivity index (χ0n) is 17.1. The van der Waals surface area contributed by atoms with Crippen LogP contribution in [0.15, 0.2) is 53.7 Å². The second-order valence-electron chi connectivity index (χ2n) is 6.37. The number of rotatable bonds is 10. The number of H-pyrrole nitrogens is 1. The lowest BCUT2D eigenvalue weighted by atomic mass is 10.0. The molecule has 2 N–H and O–H groups in total. The van der Waals surface area contributed by atoms with Gasteiger partial charge in [-0.1, -0.05) is 11.8 Å². The molecule has 0 bridgehead atoms. The Morgan fingerprint density at radius 2 is 1.53 bits per heavy atom. The Morgan fingerprint density at radius 1 is 0.967 bits per heavy atom. The fourth-order valence-electron chi connectivity index (χ4n) is 2.79. The fraction of sp³-hybridized carbons (Fsp3) is 0.286. The van der Waals surface area contributed by atoms with Gasteiger partial charge in [0, 0.05) is 23.4 Å². The number of benzene rings is 2. The van der Waals surface area contributed by atoms with Crippen LogP contribution < -0.4 is 14.2 Å². The summed E-state index contributed by atoms with van der Waals surface area (Å²) in [6.07, 6.45) is 0. The molecule has 1 heterocycles. The standard InChI is InChI=1S/C21H25N3O4S2/c1-4-30(25,26)22-13-14-29-21-23-19(15-5-9-17(27-2)10-6-15)20(24-21)16-7-11-18(28-3)12-8-16/h5-12,22H,4,13-14H2,1-3H3,(H,23,24). The van der Waals surface area contributed by atoms with Crippen LogP contribution in [0.1, 0.15) is 6.92 Å². The van der Waals surface area contributed by atoms with Crippen molar-refractivity contribution in [3.63, 3.8) is 0 Å². The minimum Gasteiger partial charge on any atom is -0.497 e. The quantitative estimate of drug-likeness (QED) is 0.363. The predicted molar refractivity (Wildman–Crippen MR) is 121 cm³/mol. The van der Waals surface area contributed by atoms with Crippen LogP contribution in [0.25, 0.3) is 22.5 Å². The van der Waals surface area contributed by atoms with Crippen LogP contribution >= 0.6 is 11.8 Å². The van der Waals surface area contributed by atoms with E-state index in [4.69, 9.17) is 14.5 Å². The first-order chi connectivity index (χ1) is 14.5. The van der Waals surface area contributed by atoms with Gasteiger partial charge in [0.2, 0.25) is 10.0 Å². The molecule has 3 rings (SSSR count). The molecule has 0 saturated heterocycles. The van der Waals surface area contributed by atoms with Crippen LogP contribution in [0.3, 0.4) is 0 Å². The van der Waals surface area contributed by atoms with E-state index in [1.807, 2.05) is 48.5 Å². The summed E-state index contributed by atoms with van der Waals surface area (Å²) in [5, 5.41) is 0.724. The minimum atomic E-state index is -3.19. The number of methoxy groups -OCH3 is 2. The van der Waals surface area contributed by atoms with Crippen molar-refractivity contribution in [2.75, 3.05) is 32.3 Å². The summed E-state index contributed by atoms with van der Waals surface area (Å²) in [5.41, 5.74) is 3.64. The van der Waals surface area contributed by atoms with E-state index in [0.29, 0.717) is 12.3 Å². The van der Waals surface area contributed by atoms with Crippen molar-refractivity contribution in [2.24, 2.45) is 0 Å². The highest BCUT2D eigenvalue weighted by atomic mass is 32.2. The third kappa shape index (κ3) is 5.56. The molecule has 0 radical (unpaired) electrons. The van der Waals surface area contributed by atoms with Crippen LogP contribution in [0.2, 0.25) is 0 Å². The van der Waals surface area contributed by atoms with E-state index in [2.05, 4.69) is 9.71 Å². The lowest BCUT2D eigenvalue weighted by Gasteiger charge is -2.06. The third-order valence-corrected chi connectivity index (χ3v) is 6.75. The van der Waals surface area contributed by atoms with Crippen LogP contribution in [-0.4, -0.2) is 50.7 Å². The lowest BCUT2D eigenvalue weighted by molar-refractivity contribution is 0.414. The number of hydrogen-bond acceptors (Lipinski definition) is 6. The highest BCUT2D eigenvalue weighted by Gasteiger charge is 2.15. The maximum atomic E-state index is 11.6. The van der Waals surface area contributed by atoms with Crippen molar-refractivity contribution < 1.29 is 17.9 Å². The van der Waals surface area contributed by atoms with Gasteiger partial charge in [-0.05, 0) is 55.5 Å². The number of aromatic nitrogens is 2. The van der Waals surface area contributed by atoms with Crippen molar-refractivity contribution in [1.82, 2.24) is 14.7 Å². The van der Waals surface area contributed by atoms with Gasteiger partial charge in [-0.3, -0.25) is 0 Å². The van der Waals surface area contributed by atoms with E-state index in [1.165, 1.54) is 11.8 Å². The van der Waals surface area contributed by atoms with Crippen molar-refractivity contribution >= 4 is 21.8 Å². The topological polar surface area (TPSA) is 93.3 Å². The van der Waals surface area contributed by atoms with Gasteiger partial charge in [-0.25, -0.2) is 18.1 Å². The number of nitrogens with zero attached hydrogens (tertiary/aromatic N) is 1. The van der Waals surface area contributed by atoms with Crippen molar-refractivity contribution in [3.05, 3.63) is 48.5 Å². The Balaban J connectivity index is 1.86. The normalized spacial score (nSPS) is 11.4. The lowest BCUT2D eigenvalue weighted by Crippen LogP contribution is -2.27. The summed E-state index contributed by atoms with van der Waals surface area (Å²) in [7, 11) is 0.0734. The molecule has 0 atom stereocenters. The number of imidazole rings is 1. The molecule has 7 nitrogen and oxygen atoms in total. The number of hydrogen-bond donors (Lipinski definition) is 2. The van der Waals surface area contributed by atoms with Gasteiger partial charge >= 0.3 is 0 Å².